The van der Waals surface area contributed by atoms with Crippen LogP contribution in [0.15, 0.2) is 0 Å². The normalized spacial score (nSPS) is 13.2. The van der Waals surface area contributed by atoms with Crippen LogP contribution in [0.3, 0.4) is 0 Å². The van der Waals surface area contributed by atoms with E-state index in [1.807, 2.05) is 0 Å². The molecule has 0 aromatic carbocycles. The summed E-state index contributed by atoms with van der Waals surface area (Å²) < 4.78 is 4.64. The number of unbranched alkanes of at least 4 members (excludes halogenated alkanes) is 1. The van der Waals surface area contributed by atoms with E-state index in [2.05, 4.69) is 15.8 Å². The van der Waals surface area contributed by atoms with Crippen LogP contribution in [0.4, 0.5) is 0 Å². The maximum atomic E-state index is 10.5. The number of hydrogen-bond acceptors (Lipinski definition) is 5. The summed E-state index contributed by atoms with van der Waals surface area (Å²) in [5.41, 5.74) is 4.50. The largest absolute Gasteiger partial charge is 0.466 e. The Morgan fingerprint density at radius 2 is 2.06 bits per heavy atom. The third-order valence-electron chi connectivity index (χ3n) is 2.13. The van der Waals surface area contributed by atoms with Gasteiger partial charge in [0.15, 0.2) is 0 Å². The molecule has 1 aliphatic heterocycles. The lowest BCUT2D eigenvalue weighted by Crippen LogP contribution is -2.16. The number of ether oxygens (including phenoxy) is 1. The Morgan fingerprint density at radius 3 is 2.39 bits per heavy atom. The van der Waals surface area contributed by atoms with E-state index in [0.717, 1.165) is 19.3 Å². The summed E-state index contributed by atoms with van der Waals surface area (Å²) >= 11 is 0. The van der Waals surface area contributed by atoms with Crippen molar-refractivity contribution in [3.63, 3.8) is 0 Å². The predicted octanol–water partition coefficient (Wildman–Crippen LogP) is 0.183. The first-order valence-electron chi connectivity index (χ1n) is 6.25. The molecular formula is C12H26N2O4. The molecule has 4 N–H and O–H groups in total. The first-order valence-corrected chi connectivity index (χ1v) is 6.25. The number of carbonyl (C=O) groups excluding carboxylic acids is 2. The van der Waals surface area contributed by atoms with Crippen molar-refractivity contribution >= 4 is 11.9 Å². The number of esters is 1. The Labute approximate surface area is 109 Å². The van der Waals surface area contributed by atoms with Crippen molar-refractivity contribution in [2.45, 2.75) is 38.5 Å². The molecular weight excluding hydrogens is 236 g/mol. The first-order chi connectivity index (χ1) is 8.70. The van der Waals surface area contributed by atoms with Crippen LogP contribution in [0.25, 0.3) is 0 Å². The number of nitrogens with two attached hydrogens (primary N) is 1. The number of amides is 1. The standard InChI is InChI=1S/C6H13NO2.C5H8O2.CH5N/c1-7-6(9)4-2-3-5-8;6-5-3-1-2-4-7-5;1-2/h8H,2-5H2,1H3,(H,7,9);1-4H2;2H2,1H3. The maximum Gasteiger partial charge on any atom is 0.305 e. The molecule has 6 heteroatoms. The fraction of sp³-hybridized carbons (Fsp3) is 0.833. The summed E-state index contributed by atoms with van der Waals surface area (Å²) in [5, 5.41) is 10.8. The van der Waals surface area contributed by atoms with Gasteiger partial charge >= 0.3 is 5.97 Å². The fourth-order valence-corrected chi connectivity index (χ4v) is 1.15. The number of nitrogens with one attached hydrogen (secondary N) is 1. The molecule has 0 aliphatic carbocycles. The number of aliphatic hydroxyl groups excluding tert-OH is 1. The van der Waals surface area contributed by atoms with E-state index in [1.54, 1.807) is 7.05 Å². The van der Waals surface area contributed by atoms with Gasteiger partial charge in [0, 0.05) is 26.5 Å². The van der Waals surface area contributed by atoms with Crippen molar-refractivity contribution in [3.8, 4) is 0 Å². The van der Waals surface area contributed by atoms with E-state index in [0.29, 0.717) is 25.9 Å². The predicted molar refractivity (Wildman–Crippen MR) is 69.9 cm³/mol. The quantitative estimate of drug-likeness (QED) is 0.495. The summed E-state index contributed by atoms with van der Waals surface area (Å²) in [7, 11) is 3.11. The van der Waals surface area contributed by atoms with Crippen molar-refractivity contribution in [3.05, 3.63) is 0 Å². The molecule has 0 aromatic rings. The molecule has 0 saturated carbocycles. The molecule has 0 bridgehead atoms. The monoisotopic (exact) mass is 262 g/mol. The van der Waals surface area contributed by atoms with Gasteiger partial charge in [0.25, 0.3) is 0 Å². The van der Waals surface area contributed by atoms with Crippen molar-refractivity contribution in [1.82, 2.24) is 5.32 Å². The SMILES string of the molecule is CN.CNC(=O)CCCCO.O=C1CCCCO1. The van der Waals surface area contributed by atoms with Gasteiger partial charge in [0.1, 0.15) is 0 Å². The summed E-state index contributed by atoms with van der Waals surface area (Å²) in [4.78, 5) is 20.7. The molecule has 1 aliphatic rings. The van der Waals surface area contributed by atoms with Gasteiger partial charge in [-0.05, 0) is 32.7 Å². The Kier molecular flexibility index (Phi) is 16.9. The summed E-state index contributed by atoms with van der Waals surface area (Å²) in [6.45, 7) is 0.815. The zero-order valence-electron chi connectivity index (χ0n) is 11.4. The lowest BCUT2D eigenvalue weighted by atomic mass is 10.2. The van der Waals surface area contributed by atoms with Crippen LogP contribution in [-0.2, 0) is 14.3 Å². The molecule has 108 valence electrons. The van der Waals surface area contributed by atoms with Crippen LogP contribution >= 0.6 is 0 Å². The van der Waals surface area contributed by atoms with E-state index in [-0.39, 0.29) is 18.5 Å². The van der Waals surface area contributed by atoms with Crippen molar-refractivity contribution in [2.75, 3.05) is 27.3 Å². The van der Waals surface area contributed by atoms with Gasteiger partial charge in [0.2, 0.25) is 5.91 Å². The number of cyclic esters (lactones) is 1. The molecule has 18 heavy (non-hydrogen) atoms. The minimum absolute atomic E-state index is 0.0359. The fourth-order valence-electron chi connectivity index (χ4n) is 1.15. The van der Waals surface area contributed by atoms with Gasteiger partial charge in [-0.15, -0.1) is 0 Å². The molecule has 0 aromatic heterocycles. The second-order valence-corrected chi connectivity index (χ2v) is 3.53. The highest BCUT2D eigenvalue weighted by Gasteiger charge is 2.06. The van der Waals surface area contributed by atoms with Gasteiger partial charge in [-0.1, -0.05) is 0 Å². The van der Waals surface area contributed by atoms with Crippen molar-refractivity contribution in [1.29, 1.82) is 0 Å². The average Bonchev–Trinajstić information content (AvgIpc) is 2.43. The van der Waals surface area contributed by atoms with E-state index >= 15 is 0 Å². The molecule has 1 fully saturated rings. The highest BCUT2D eigenvalue weighted by atomic mass is 16.5. The number of hydrogen-bond donors (Lipinski definition) is 3. The second kappa shape index (κ2) is 15.9. The molecule has 0 atom stereocenters. The lowest BCUT2D eigenvalue weighted by molar-refractivity contribution is -0.146. The molecule has 0 radical (unpaired) electrons. The Hall–Kier alpha value is -1.14. The Morgan fingerprint density at radius 1 is 1.39 bits per heavy atom. The average molecular weight is 262 g/mol. The van der Waals surface area contributed by atoms with Gasteiger partial charge in [-0.2, -0.15) is 0 Å². The zero-order chi connectivity index (χ0) is 14.2. The molecule has 1 saturated heterocycles. The van der Waals surface area contributed by atoms with E-state index in [4.69, 9.17) is 5.11 Å². The topological polar surface area (TPSA) is 102 Å². The lowest BCUT2D eigenvalue weighted by Gasteiger charge is -2.08. The second-order valence-electron chi connectivity index (χ2n) is 3.53. The van der Waals surface area contributed by atoms with E-state index < -0.39 is 0 Å². The van der Waals surface area contributed by atoms with Crippen LogP contribution in [0.5, 0.6) is 0 Å². The van der Waals surface area contributed by atoms with Crippen LogP contribution in [-0.4, -0.2) is 44.3 Å². The van der Waals surface area contributed by atoms with Gasteiger partial charge < -0.3 is 20.9 Å². The smallest absolute Gasteiger partial charge is 0.305 e. The molecule has 1 amide bonds. The van der Waals surface area contributed by atoms with Gasteiger partial charge in [0.05, 0.1) is 6.61 Å². The Bertz CT molecular complexity index is 202. The van der Waals surface area contributed by atoms with E-state index in [9.17, 15) is 9.59 Å². The third kappa shape index (κ3) is 14.9. The molecule has 6 nitrogen and oxygen atoms in total. The summed E-state index contributed by atoms with van der Waals surface area (Å²) in [6.07, 6.45) is 4.70. The zero-order valence-corrected chi connectivity index (χ0v) is 11.4. The number of aliphatic hydroxyl groups is 1. The van der Waals surface area contributed by atoms with Crippen molar-refractivity contribution < 1.29 is 19.4 Å². The minimum Gasteiger partial charge on any atom is -0.466 e. The maximum absolute atomic E-state index is 10.5. The van der Waals surface area contributed by atoms with E-state index in [1.165, 1.54) is 7.05 Å². The molecule has 1 rings (SSSR count). The van der Waals surface area contributed by atoms with Crippen LogP contribution < -0.4 is 11.1 Å². The van der Waals surface area contributed by atoms with Gasteiger partial charge in [-0.3, -0.25) is 9.59 Å². The molecule has 0 unspecified atom stereocenters. The number of carbonyl (C=O) groups is 2. The first kappa shape index (κ1) is 19.2. The molecule has 1 heterocycles. The Balaban J connectivity index is 0. The minimum atomic E-state index is -0.0359. The van der Waals surface area contributed by atoms with Gasteiger partial charge in [-0.25, -0.2) is 0 Å². The van der Waals surface area contributed by atoms with Crippen LogP contribution in [0.1, 0.15) is 38.5 Å². The third-order valence-corrected chi connectivity index (χ3v) is 2.13. The highest BCUT2D eigenvalue weighted by Crippen LogP contribution is 2.04. The summed E-state index contributed by atoms with van der Waals surface area (Å²) in [5.74, 6) is 0.00898. The van der Waals surface area contributed by atoms with Crippen LogP contribution in [0, 0.1) is 0 Å². The molecule has 0 spiro atoms. The summed E-state index contributed by atoms with van der Waals surface area (Å²) in [6, 6.07) is 0. The highest BCUT2D eigenvalue weighted by molar-refractivity contribution is 5.75. The van der Waals surface area contributed by atoms with Crippen molar-refractivity contribution in [2.24, 2.45) is 5.73 Å². The van der Waals surface area contributed by atoms with Crippen LogP contribution in [0.2, 0.25) is 0 Å². The number of rotatable bonds is 4.